The highest BCUT2D eigenvalue weighted by Crippen LogP contribution is 2.38. The molecule has 0 aliphatic carbocycles. The van der Waals surface area contributed by atoms with E-state index in [0.717, 1.165) is 18.8 Å². The number of ether oxygens (including phenoxy) is 2. The number of unbranched alkanes of at least 4 members (excludes halogenated alkanes) is 1. The summed E-state index contributed by atoms with van der Waals surface area (Å²) in [5, 5.41) is -0.118. The van der Waals surface area contributed by atoms with Crippen LogP contribution in [0.1, 0.15) is 69.3 Å². The van der Waals surface area contributed by atoms with Gasteiger partial charge in [-0.3, -0.25) is 14.2 Å². The Hall–Kier alpha value is -2.92. The van der Waals surface area contributed by atoms with Crippen LogP contribution in [0.3, 0.4) is 0 Å². The average Bonchev–Trinajstić information content (AvgIpc) is 3.52. The number of hydrogen-bond donors (Lipinski definition) is 0. The molecule has 3 heterocycles. The fourth-order valence-electron chi connectivity index (χ4n) is 3.78. The Kier molecular flexibility index (Phi) is 9.72. The van der Waals surface area contributed by atoms with Gasteiger partial charge in [-0.1, -0.05) is 33.6 Å². The van der Waals surface area contributed by atoms with Crippen LogP contribution in [0.5, 0.6) is 0 Å². The Morgan fingerprint density at radius 2 is 1.90 bits per heavy atom. The molecule has 1 saturated heterocycles. The molecule has 0 unspecified atom stereocenters. The zero-order valence-corrected chi connectivity index (χ0v) is 24.5. The number of carbonyl (C=O) groups is 1. The van der Waals surface area contributed by atoms with Crippen molar-refractivity contribution < 1.29 is 36.3 Å². The van der Waals surface area contributed by atoms with Crippen LogP contribution in [0.4, 0.5) is 13.2 Å². The maximum atomic E-state index is 13.9. The van der Waals surface area contributed by atoms with E-state index in [4.69, 9.17) is 18.3 Å². The average molecular weight is 585 g/mol. The van der Waals surface area contributed by atoms with Crippen molar-refractivity contribution >= 4 is 14.2 Å². The minimum absolute atomic E-state index is 0.0364. The third-order valence-electron chi connectivity index (χ3n) is 7.13. The summed E-state index contributed by atoms with van der Waals surface area (Å²) >= 11 is 0. The molecule has 0 bridgehead atoms. The highest BCUT2D eigenvalue weighted by molar-refractivity contribution is 6.74. The van der Waals surface area contributed by atoms with Gasteiger partial charge in [-0.25, -0.2) is 4.79 Å². The fraction of sp³-hybridized carbons (Fsp3) is 0.593. The van der Waals surface area contributed by atoms with Gasteiger partial charge in [0.05, 0.1) is 19.0 Å². The molecule has 1 fully saturated rings. The highest BCUT2D eigenvalue weighted by Gasteiger charge is 2.44. The first-order chi connectivity index (χ1) is 18.6. The zero-order chi connectivity index (χ0) is 29.9. The van der Waals surface area contributed by atoms with Crippen molar-refractivity contribution in [3.05, 3.63) is 56.8 Å². The molecular weight excluding hydrogens is 549 g/mol. The van der Waals surface area contributed by atoms with Crippen LogP contribution in [-0.2, 0) is 20.1 Å². The predicted molar refractivity (Wildman–Crippen MR) is 143 cm³/mol. The monoisotopic (exact) mass is 584 g/mol. The molecule has 0 radical (unpaired) electrons. The molecule has 0 amide bonds. The molecule has 0 spiro atoms. The van der Waals surface area contributed by atoms with Crippen LogP contribution in [0, 0.1) is 11.8 Å². The van der Waals surface area contributed by atoms with Crippen LogP contribution in [0.25, 0.3) is 0 Å². The largest absolute Gasteiger partial charge is 0.459 e. The van der Waals surface area contributed by atoms with Crippen LogP contribution in [0.2, 0.25) is 18.1 Å². The molecule has 1 aliphatic heterocycles. The van der Waals surface area contributed by atoms with E-state index >= 15 is 0 Å². The fourth-order valence-corrected chi connectivity index (χ4v) is 4.79. The van der Waals surface area contributed by atoms with E-state index in [-0.39, 0.29) is 29.2 Å². The van der Waals surface area contributed by atoms with Gasteiger partial charge in [0.25, 0.3) is 5.56 Å². The summed E-state index contributed by atoms with van der Waals surface area (Å²) in [5.74, 6) is 4.06. The topological polar surface area (TPSA) is 102 Å². The minimum Gasteiger partial charge on any atom is -0.459 e. The number of hydrogen-bond acceptors (Lipinski definition) is 7. The Bertz CT molecular complexity index is 1360. The van der Waals surface area contributed by atoms with E-state index in [2.05, 4.69) is 32.6 Å². The number of halogens is 3. The van der Waals surface area contributed by atoms with E-state index in [1.807, 2.05) is 20.0 Å². The lowest BCUT2D eigenvalue weighted by Gasteiger charge is -2.37. The van der Waals surface area contributed by atoms with Crippen LogP contribution >= 0.6 is 0 Å². The van der Waals surface area contributed by atoms with Crippen molar-refractivity contribution in [2.45, 2.75) is 89.7 Å². The van der Waals surface area contributed by atoms with Crippen molar-refractivity contribution in [1.29, 1.82) is 0 Å². The van der Waals surface area contributed by atoms with Gasteiger partial charge in [0.15, 0.2) is 14.1 Å². The number of furan rings is 1. The Morgan fingerprint density at radius 1 is 1.20 bits per heavy atom. The van der Waals surface area contributed by atoms with E-state index in [9.17, 15) is 27.6 Å². The highest BCUT2D eigenvalue weighted by atomic mass is 28.4. The zero-order valence-electron chi connectivity index (χ0n) is 23.5. The molecule has 1 aliphatic rings. The maximum absolute atomic E-state index is 13.9. The summed E-state index contributed by atoms with van der Waals surface area (Å²) < 4.78 is 65.3. The van der Waals surface area contributed by atoms with Crippen molar-refractivity contribution in [3.63, 3.8) is 0 Å². The number of alkyl halides is 3. The second-order valence-electron chi connectivity index (χ2n) is 11.0. The lowest BCUT2D eigenvalue weighted by Crippen LogP contribution is -2.47. The molecular formula is C27H35F3N2O7Si. The maximum Gasteiger partial charge on any atom is 0.423 e. The summed E-state index contributed by atoms with van der Waals surface area (Å²) in [6.07, 6.45) is -4.82. The Balaban J connectivity index is 2.01. The number of rotatable bonds is 8. The van der Waals surface area contributed by atoms with E-state index in [1.54, 1.807) is 0 Å². The van der Waals surface area contributed by atoms with E-state index in [1.165, 1.54) is 6.07 Å². The predicted octanol–water partition coefficient (Wildman–Crippen LogP) is 4.81. The first kappa shape index (κ1) is 31.6. The lowest BCUT2D eigenvalue weighted by molar-refractivity contribution is -0.139. The smallest absolute Gasteiger partial charge is 0.423 e. The van der Waals surface area contributed by atoms with Gasteiger partial charge >= 0.3 is 17.8 Å². The molecule has 0 N–H and O–H groups in total. The van der Waals surface area contributed by atoms with Gasteiger partial charge in [0, 0.05) is 19.0 Å². The molecule has 0 aromatic carbocycles. The summed E-state index contributed by atoms with van der Waals surface area (Å²) in [6.45, 7) is 12.4. The quantitative estimate of drug-likeness (QED) is 0.324. The summed E-state index contributed by atoms with van der Waals surface area (Å²) in [7, 11) is -2.24. The standard InChI is InChI=1S/C27H35F3N2O7Si/c1-7-8-9-10-13-37-20-15-22(39-21(20)17-38-40(5,6)26(2,3)4)31-16-18(27(28,29)30)23(33)32(25(31)35)24(34)19-12-11-14-36-19/h11-12,14,16,20-22H,7-8,13,15,17H2,1-6H3/t20-,21+,22+/m0/s1. The van der Waals surface area contributed by atoms with Crippen LogP contribution < -0.4 is 11.2 Å². The number of aromatic nitrogens is 2. The first-order valence-electron chi connectivity index (χ1n) is 13.0. The van der Waals surface area contributed by atoms with Gasteiger partial charge in [-0.15, -0.1) is 5.92 Å². The third kappa shape index (κ3) is 7.04. The molecule has 0 saturated carbocycles. The molecule has 2 aromatic heterocycles. The van der Waals surface area contributed by atoms with Gasteiger partial charge in [0.1, 0.15) is 24.5 Å². The van der Waals surface area contributed by atoms with Crippen molar-refractivity contribution in [3.8, 4) is 11.8 Å². The third-order valence-corrected chi connectivity index (χ3v) is 11.6. The van der Waals surface area contributed by atoms with E-state index in [0.29, 0.717) is 17.2 Å². The SMILES string of the molecule is CCCC#CCO[C@H]1C[C@H](n2cc(C(F)(F)F)c(=O)n(C(=O)c3ccco3)c2=O)O[C@@H]1CO[Si](C)(C)C(C)(C)C. The molecule has 3 rings (SSSR count). The van der Waals surface area contributed by atoms with Crippen molar-refractivity contribution in [2.75, 3.05) is 13.2 Å². The van der Waals surface area contributed by atoms with Crippen LogP contribution in [0.15, 0.2) is 38.6 Å². The van der Waals surface area contributed by atoms with Gasteiger partial charge in [-0.2, -0.15) is 17.7 Å². The second kappa shape index (κ2) is 12.3. The normalized spacial score (nSPS) is 19.9. The molecule has 220 valence electrons. The van der Waals surface area contributed by atoms with E-state index < -0.39 is 61.4 Å². The summed E-state index contributed by atoms with van der Waals surface area (Å²) in [6, 6.07) is 2.45. The van der Waals surface area contributed by atoms with Crippen molar-refractivity contribution in [1.82, 2.24) is 9.13 Å². The summed E-state index contributed by atoms with van der Waals surface area (Å²) in [5.41, 5.74) is -4.79. The molecule has 13 heteroatoms. The van der Waals surface area contributed by atoms with Gasteiger partial charge in [0.2, 0.25) is 0 Å². The minimum atomic E-state index is -5.15. The molecule has 40 heavy (non-hydrogen) atoms. The first-order valence-corrected chi connectivity index (χ1v) is 15.9. The molecule has 2 aromatic rings. The summed E-state index contributed by atoms with van der Waals surface area (Å²) in [4.78, 5) is 38.8. The second-order valence-corrected chi connectivity index (χ2v) is 15.9. The Labute approximate surface area is 231 Å². The Morgan fingerprint density at radius 3 is 2.48 bits per heavy atom. The molecule has 9 nitrogen and oxygen atoms in total. The van der Waals surface area contributed by atoms with Gasteiger partial charge < -0.3 is 18.3 Å². The lowest BCUT2D eigenvalue weighted by atomic mass is 10.2. The van der Waals surface area contributed by atoms with Crippen LogP contribution in [-0.4, -0.2) is 48.8 Å². The molecule has 3 atom stereocenters. The van der Waals surface area contributed by atoms with Gasteiger partial charge in [-0.05, 0) is 36.7 Å². The van der Waals surface area contributed by atoms with Crippen molar-refractivity contribution in [2.24, 2.45) is 0 Å². The number of nitrogens with zero attached hydrogens (tertiary/aromatic N) is 2. The number of carbonyl (C=O) groups excluding carboxylic acids is 1.